The van der Waals surface area contributed by atoms with Crippen LogP contribution in [0, 0.1) is 5.41 Å². The molecule has 1 aromatic carbocycles. The molecule has 10 heteroatoms. The molecule has 0 saturated heterocycles. The normalized spacial score (nSPS) is 20.7. The molecular weight excluding hydrogens is 474 g/mol. The van der Waals surface area contributed by atoms with Crippen molar-refractivity contribution in [3.05, 3.63) is 51.5 Å². The number of halogens is 1. The zero-order chi connectivity index (χ0) is 22.5. The van der Waals surface area contributed by atoms with Crippen molar-refractivity contribution in [2.45, 2.75) is 32.2 Å². The lowest BCUT2D eigenvalue weighted by Gasteiger charge is -2.22. The molecule has 0 bridgehead atoms. The molecule has 3 heterocycles. The summed E-state index contributed by atoms with van der Waals surface area (Å²) in [6, 6.07) is 9.09. The fourth-order valence-corrected chi connectivity index (χ4v) is 4.88. The molecule has 32 heavy (non-hydrogen) atoms. The Balaban J connectivity index is 1.48. The zero-order valence-electron chi connectivity index (χ0n) is 17.6. The van der Waals surface area contributed by atoms with Crippen LogP contribution in [-0.2, 0) is 4.79 Å². The molecule has 5 rings (SSSR count). The maximum Gasteiger partial charge on any atom is 0.248 e. The van der Waals surface area contributed by atoms with Crippen LogP contribution >= 0.6 is 15.9 Å². The highest BCUT2D eigenvalue weighted by molar-refractivity contribution is 9.10. The van der Waals surface area contributed by atoms with E-state index in [1.165, 1.54) is 6.07 Å². The smallest absolute Gasteiger partial charge is 0.248 e. The van der Waals surface area contributed by atoms with Gasteiger partial charge in [0.2, 0.25) is 17.4 Å². The van der Waals surface area contributed by atoms with E-state index in [-0.39, 0.29) is 22.9 Å². The number of nitrogens with zero attached hydrogens (tertiary/aromatic N) is 4. The first-order valence-corrected chi connectivity index (χ1v) is 11.2. The van der Waals surface area contributed by atoms with E-state index < -0.39 is 0 Å². The van der Waals surface area contributed by atoms with Gasteiger partial charge in [-0.25, -0.2) is 9.67 Å². The van der Waals surface area contributed by atoms with Gasteiger partial charge in [-0.3, -0.25) is 9.59 Å². The molecule has 0 unspecified atom stereocenters. The molecule has 1 aliphatic rings. The van der Waals surface area contributed by atoms with Crippen LogP contribution in [0.1, 0.15) is 26.2 Å². The number of fused-ring (bicyclic) bond motifs is 2. The fraction of sp³-hybridized carbons (Fsp3) is 0.318. The molecule has 2 atom stereocenters. The fourth-order valence-electron chi connectivity index (χ4n) is 4.45. The van der Waals surface area contributed by atoms with Crippen LogP contribution in [0.25, 0.3) is 27.6 Å². The molecule has 0 aliphatic heterocycles. The average Bonchev–Trinajstić information content (AvgIpc) is 3.33. The summed E-state index contributed by atoms with van der Waals surface area (Å²) in [5.41, 5.74) is 1.71. The van der Waals surface area contributed by atoms with Crippen molar-refractivity contribution in [1.82, 2.24) is 30.0 Å². The molecule has 164 valence electrons. The zero-order valence-corrected chi connectivity index (χ0v) is 19.2. The first-order valence-electron chi connectivity index (χ1n) is 10.4. The minimum absolute atomic E-state index is 0.0674. The number of amides is 1. The van der Waals surface area contributed by atoms with Crippen LogP contribution in [-0.4, -0.2) is 43.7 Å². The summed E-state index contributed by atoms with van der Waals surface area (Å²) >= 11 is 3.50. The Morgan fingerprint density at radius 1 is 1.31 bits per heavy atom. The van der Waals surface area contributed by atoms with Crippen LogP contribution in [0.2, 0.25) is 0 Å². The summed E-state index contributed by atoms with van der Waals surface area (Å²) in [4.78, 5) is 35.8. The summed E-state index contributed by atoms with van der Waals surface area (Å²) in [7, 11) is 1.68. The second-order valence-electron chi connectivity index (χ2n) is 8.45. The number of rotatable bonds is 4. The van der Waals surface area contributed by atoms with Crippen LogP contribution in [0.3, 0.4) is 0 Å². The number of anilines is 1. The van der Waals surface area contributed by atoms with Crippen molar-refractivity contribution in [1.29, 1.82) is 0 Å². The van der Waals surface area contributed by atoms with Crippen molar-refractivity contribution < 1.29 is 4.79 Å². The maximum atomic E-state index is 12.2. The predicted molar refractivity (Wildman–Crippen MR) is 126 cm³/mol. The standard InChI is InChI=1S/C22H22BrN7O2/c1-22(20(32)24-2)8-7-13(10-22)26-21-25-11-15-18(23)29-30(19(15)28-21)14-4-5-16-12(9-14)3-6-17(31)27-16/h3-6,9,11,13H,7-8,10H2,1-2H3,(H,24,32)(H,27,31)(H,25,26,28)/t13-,22+/m1/s1. The number of aromatic nitrogens is 5. The monoisotopic (exact) mass is 495 g/mol. The molecule has 1 amide bonds. The highest BCUT2D eigenvalue weighted by Gasteiger charge is 2.40. The number of H-pyrrole nitrogens is 1. The summed E-state index contributed by atoms with van der Waals surface area (Å²) in [5.74, 6) is 0.570. The Labute approximate surface area is 191 Å². The Hall–Kier alpha value is -3.27. The molecular formula is C22H22BrN7O2. The largest absolute Gasteiger partial charge is 0.359 e. The topological polar surface area (TPSA) is 118 Å². The van der Waals surface area contributed by atoms with Gasteiger partial charge in [0, 0.05) is 41.7 Å². The molecule has 0 spiro atoms. The number of carbonyl (C=O) groups excluding carboxylic acids is 1. The van der Waals surface area contributed by atoms with Gasteiger partial charge in [-0.15, -0.1) is 0 Å². The SMILES string of the molecule is CNC(=O)[C@@]1(C)CC[C@@H](Nc2ncc3c(Br)nn(-c4ccc5[nH]c(=O)ccc5c4)c3n2)C1. The van der Waals surface area contributed by atoms with Gasteiger partial charge in [0.25, 0.3) is 0 Å². The minimum Gasteiger partial charge on any atom is -0.359 e. The van der Waals surface area contributed by atoms with E-state index >= 15 is 0 Å². The predicted octanol–water partition coefficient (Wildman–Crippen LogP) is 3.14. The number of nitrogens with one attached hydrogen (secondary N) is 3. The molecule has 1 fully saturated rings. The lowest BCUT2D eigenvalue weighted by molar-refractivity contribution is -0.129. The number of hydrogen-bond acceptors (Lipinski definition) is 6. The first kappa shape index (κ1) is 20.6. The van der Waals surface area contributed by atoms with Gasteiger partial charge in [0.05, 0.1) is 11.1 Å². The van der Waals surface area contributed by atoms with Gasteiger partial charge in [-0.05, 0) is 59.5 Å². The van der Waals surface area contributed by atoms with Crippen molar-refractivity contribution in [2.75, 3.05) is 12.4 Å². The third-order valence-electron chi connectivity index (χ3n) is 6.18. The van der Waals surface area contributed by atoms with Gasteiger partial charge >= 0.3 is 0 Å². The molecule has 1 aliphatic carbocycles. The van der Waals surface area contributed by atoms with Gasteiger partial charge in [-0.1, -0.05) is 6.92 Å². The maximum absolute atomic E-state index is 12.2. The van der Waals surface area contributed by atoms with E-state index in [1.807, 2.05) is 25.1 Å². The van der Waals surface area contributed by atoms with Gasteiger partial charge in [0.1, 0.15) is 4.60 Å². The second-order valence-corrected chi connectivity index (χ2v) is 9.20. The number of carbonyl (C=O) groups is 1. The Bertz CT molecular complexity index is 1410. The average molecular weight is 496 g/mol. The third-order valence-corrected chi connectivity index (χ3v) is 6.77. The Kier molecular flexibility index (Phi) is 4.96. The summed E-state index contributed by atoms with van der Waals surface area (Å²) in [6.07, 6.45) is 4.15. The Morgan fingerprint density at radius 2 is 2.16 bits per heavy atom. The van der Waals surface area contributed by atoms with Crippen molar-refractivity contribution >= 4 is 49.7 Å². The molecule has 4 aromatic rings. The summed E-state index contributed by atoms with van der Waals surface area (Å²) in [5, 5.41) is 12.4. The number of benzene rings is 1. The van der Waals surface area contributed by atoms with E-state index in [0.29, 0.717) is 16.2 Å². The van der Waals surface area contributed by atoms with E-state index in [4.69, 9.17) is 4.98 Å². The first-order chi connectivity index (χ1) is 15.4. The van der Waals surface area contributed by atoms with E-state index in [1.54, 1.807) is 24.0 Å². The van der Waals surface area contributed by atoms with Gasteiger partial charge in [0.15, 0.2) is 5.65 Å². The summed E-state index contributed by atoms with van der Waals surface area (Å²) < 4.78 is 2.40. The third kappa shape index (κ3) is 3.54. The van der Waals surface area contributed by atoms with Gasteiger partial charge < -0.3 is 15.6 Å². The van der Waals surface area contributed by atoms with Crippen LogP contribution < -0.4 is 16.2 Å². The van der Waals surface area contributed by atoms with Crippen molar-refractivity contribution in [2.24, 2.45) is 5.41 Å². The molecule has 9 nitrogen and oxygen atoms in total. The van der Waals surface area contributed by atoms with Crippen LogP contribution in [0.5, 0.6) is 0 Å². The Morgan fingerprint density at radius 3 is 2.97 bits per heavy atom. The minimum atomic E-state index is -0.382. The van der Waals surface area contributed by atoms with Crippen LogP contribution in [0.15, 0.2) is 45.9 Å². The molecule has 1 saturated carbocycles. The number of pyridine rings is 1. The highest BCUT2D eigenvalue weighted by atomic mass is 79.9. The number of hydrogen-bond donors (Lipinski definition) is 3. The quantitative estimate of drug-likeness (QED) is 0.400. The highest BCUT2D eigenvalue weighted by Crippen LogP contribution is 2.39. The molecule has 3 aromatic heterocycles. The molecule has 3 N–H and O–H groups in total. The van der Waals surface area contributed by atoms with Gasteiger partial charge in [-0.2, -0.15) is 10.1 Å². The lowest BCUT2D eigenvalue weighted by Crippen LogP contribution is -2.35. The van der Waals surface area contributed by atoms with Crippen molar-refractivity contribution in [3.63, 3.8) is 0 Å². The van der Waals surface area contributed by atoms with Crippen LogP contribution in [0.4, 0.5) is 5.95 Å². The summed E-state index contributed by atoms with van der Waals surface area (Å²) in [6.45, 7) is 2.00. The second kappa shape index (κ2) is 7.70. The van der Waals surface area contributed by atoms with E-state index in [2.05, 4.69) is 41.6 Å². The van der Waals surface area contributed by atoms with E-state index in [9.17, 15) is 9.59 Å². The van der Waals surface area contributed by atoms with E-state index in [0.717, 1.165) is 41.2 Å². The molecule has 0 radical (unpaired) electrons. The van der Waals surface area contributed by atoms with Crippen molar-refractivity contribution in [3.8, 4) is 5.69 Å². The number of aromatic amines is 1. The lowest BCUT2D eigenvalue weighted by atomic mass is 9.87.